The number of carbonyl (C=O) groups excluding carboxylic acids is 2. The minimum absolute atomic E-state index is 0.0862. The molecule has 1 atom stereocenters. The SMILES string of the molecule is CCN(CC)CCN1C(=O)C(=O)/C(=C(\O)c2ccc(Cl)cc2)[C@@H]1c1ccncc1. The second-order valence-electron chi connectivity index (χ2n) is 6.81. The summed E-state index contributed by atoms with van der Waals surface area (Å²) in [5.41, 5.74) is 1.26. The van der Waals surface area contributed by atoms with Crippen LogP contribution in [-0.2, 0) is 9.59 Å². The Hall–Kier alpha value is -2.70. The number of Topliss-reactive ketones (excluding diaryl/α,β-unsaturated/α-hetero) is 1. The molecule has 1 aromatic heterocycles. The maximum Gasteiger partial charge on any atom is 0.295 e. The highest BCUT2D eigenvalue weighted by Crippen LogP contribution is 2.39. The molecule has 1 saturated heterocycles. The first-order valence-electron chi connectivity index (χ1n) is 9.64. The zero-order chi connectivity index (χ0) is 21.0. The number of amides is 1. The lowest BCUT2D eigenvalue weighted by atomic mass is 9.96. The molecule has 2 heterocycles. The van der Waals surface area contributed by atoms with Gasteiger partial charge in [0.25, 0.3) is 11.7 Å². The number of rotatable bonds is 7. The van der Waals surface area contributed by atoms with Crippen molar-refractivity contribution in [3.8, 4) is 0 Å². The number of hydrogen-bond acceptors (Lipinski definition) is 5. The van der Waals surface area contributed by atoms with Gasteiger partial charge in [0.2, 0.25) is 0 Å². The third-order valence-electron chi connectivity index (χ3n) is 5.23. The van der Waals surface area contributed by atoms with E-state index >= 15 is 0 Å². The first-order chi connectivity index (χ1) is 14.0. The largest absolute Gasteiger partial charge is 0.507 e. The van der Waals surface area contributed by atoms with Gasteiger partial charge in [-0.15, -0.1) is 0 Å². The zero-order valence-corrected chi connectivity index (χ0v) is 17.3. The normalized spacial score (nSPS) is 18.6. The van der Waals surface area contributed by atoms with Crippen LogP contribution in [0.15, 0.2) is 54.4 Å². The summed E-state index contributed by atoms with van der Waals surface area (Å²) >= 11 is 5.94. The molecule has 29 heavy (non-hydrogen) atoms. The maximum absolute atomic E-state index is 12.9. The van der Waals surface area contributed by atoms with Crippen LogP contribution in [0.5, 0.6) is 0 Å². The molecule has 1 fully saturated rings. The van der Waals surface area contributed by atoms with Crippen molar-refractivity contribution in [1.82, 2.24) is 14.8 Å². The summed E-state index contributed by atoms with van der Waals surface area (Å²) in [6, 6.07) is 9.38. The number of likely N-dealkylation sites (tertiary alicyclic amines) is 1. The van der Waals surface area contributed by atoms with Crippen molar-refractivity contribution in [2.45, 2.75) is 19.9 Å². The number of nitrogens with zero attached hydrogens (tertiary/aromatic N) is 3. The number of pyridine rings is 1. The quantitative estimate of drug-likeness (QED) is 0.427. The van der Waals surface area contributed by atoms with Crippen molar-refractivity contribution >= 4 is 29.1 Å². The number of hydrogen-bond donors (Lipinski definition) is 1. The van der Waals surface area contributed by atoms with Crippen LogP contribution in [0.25, 0.3) is 5.76 Å². The molecule has 0 bridgehead atoms. The molecule has 1 aromatic carbocycles. The molecule has 2 aromatic rings. The fraction of sp³-hybridized carbons (Fsp3) is 0.318. The van der Waals surface area contributed by atoms with Gasteiger partial charge in [-0.1, -0.05) is 25.4 Å². The van der Waals surface area contributed by atoms with E-state index in [4.69, 9.17) is 11.6 Å². The molecule has 6 nitrogen and oxygen atoms in total. The van der Waals surface area contributed by atoms with E-state index in [1.54, 1.807) is 48.8 Å². The van der Waals surface area contributed by atoms with Crippen molar-refractivity contribution < 1.29 is 14.7 Å². The Labute approximate surface area is 175 Å². The third-order valence-corrected chi connectivity index (χ3v) is 5.48. The highest BCUT2D eigenvalue weighted by atomic mass is 35.5. The van der Waals surface area contributed by atoms with Gasteiger partial charge in [0, 0.05) is 36.1 Å². The summed E-state index contributed by atoms with van der Waals surface area (Å²) in [5, 5.41) is 11.4. The van der Waals surface area contributed by atoms with Crippen LogP contribution >= 0.6 is 11.6 Å². The van der Waals surface area contributed by atoms with E-state index in [2.05, 4.69) is 23.7 Å². The van der Waals surface area contributed by atoms with Crippen LogP contribution in [-0.4, -0.2) is 57.8 Å². The standard InChI is InChI=1S/C22H24ClN3O3/c1-3-25(4-2)13-14-26-19(15-9-11-24-12-10-15)18(21(28)22(26)29)20(27)16-5-7-17(23)8-6-16/h5-12,19,27H,3-4,13-14H2,1-2H3/b20-18-/t19-/m0/s1. The zero-order valence-electron chi connectivity index (χ0n) is 16.5. The molecule has 1 aliphatic rings. The minimum atomic E-state index is -0.682. The van der Waals surface area contributed by atoms with Gasteiger partial charge in [0.05, 0.1) is 11.6 Å². The van der Waals surface area contributed by atoms with Crippen molar-refractivity contribution in [2.24, 2.45) is 0 Å². The van der Waals surface area contributed by atoms with Gasteiger partial charge in [0.1, 0.15) is 5.76 Å². The van der Waals surface area contributed by atoms with Crippen molar-refractivity contribution in [3.63, 3.8) is 0 Å². The number of aromatic nitrogens is 1. The maximum atomic E-state index is 12.9. The topological polar surface area (TPSA) is 73.7 Å². The molecular formula is C22H24ClN3O3. The van der Waals surface area contributed by atoms with Crippen LogP contribution in [0.1, 0.15) is 31.0 Å². The average Bonchev–Trinajstić information content (AvgIpc) is 3.00. The molecule has 3 rings (SSSR count). The van der Waals surface area contributed by atoms with E-state index in [1.165, 1.54) is 4.90 Å². The first kappa shape index (κ1) is 21.0. The van der Waals surface area contributed by atoms with Crippen molar-refractivity contribution in [1.29, 1.82) is 0 Å². The third kappa shape index (κ3) is 4.33. The number of carbonyl (C=O) groups is 2. The minimum Gasteiger partial charge on any atom is -0.507 e. The first-order valence-corrected chi connectivity index (χ1v) is 10.0. The van der Waals surface area contributed by atoms with Crippen LogP contribution in [0, 0.1) is 0 Å². The van der Waals surface area contributed by atoms with Gasteiger partial charge in [-0.2, -0.15) is 0 Å². The molecule has 0 saturated carbocycles. The number of benzene rings is 1. The summed E-state index contributed by atoms with van der Waals surface area (Å²) in [6.07, 6.45) is 3.23. The van der Waals surface area contributed by atoms with E-state index < -0.39 is 17.7 Å². The molecule has 7 heteroatoms. The van der Waals surface area contributed by atoms with E-state index in [9.17, 15) is 14.7 Å². The summed E-state index contributed by atoms with van der Waals surface area (Å²) in [7, 11) is 0. The molecule has 0 unspecified atom stereocenters. The Morgan fingerprint density at radius 1 is 1.10 bits per heavy atom. The summed E-state index contributed by atoms with van der Waals surface area (Å²) in [5.74, 6) is -1.49. The van der Waals surface area contributed by atoms with E-state index in [1.807, 2.05) is 0 Å². The summed E-state index contributed by atoms with van der Waals surface area (Å²) in [4.78, 5) is 33.5. The lowest BCUT2D eigenvalue weighted by Gasteiger charge is -2.28. The van der Waals surface area contributed by atoms with Gasteiger partial charge in [-0.3, -0.25) is 14.6 Å². The molecule has 0 aliphatic carbocycles. The van der Waals surface area contributed by atoms with Gasteiger partial charge in [-0.25, -0.2) is 0 Å². The van der Waals surface area contributed by atoms with Gasteiger partial charge in [0.15, 0.2) is 0 Å². The van der Waals surface area contributed by atoms with Crippen molar-refractivity contribution in [3.05, 3.63) is 70.5 Å². The van der Waals surface area contributed by atoms with Gasteiger partial charge in [-0.05, 0) is 55.1 Å². The Bertz CT molecular complexity index is 909. The average molecular weight is 414 g/mol. The number of likely N-dealkylation sites (N-methyl/N-ethyl adjacent to an activating group) is 1. The Balaban J connectivity index is 2.06. The van der Waals surface area contributed by atoms with Crippen LogP contribution in [0.4, 0.5) is 0 Å². The fourth-order valence-corrected chi connectivity index (χ4v) is 3.68. The Kier molecular flexibility index (Phi) is 6.67. The smallest absolute Gasteiger partial charge is 0.295 e. The second kappa shape index (κ2) is 9.20. The van der Waals surface area contributed by atoms with E-state index in [0.29, 0.717) is 23.7 Å². The number of halogens is 1. The molecule has 1 N–H and O–H groups in total. The van der Waals surface area contributed by atoms with Crippen LogP contribution in [0.2, 0.25) is 5.02 Å². The molecule has 1 amide bonds. The fourth-order valence-electron chi connectivity index (χ4n) is 3.56. The summed E-state index contributed by atoms with van der Waals surface area (Å²) in [6.45, 7) is 6.84. The molecule has 152 valence electrons. The number of aliphatic hydroxyl groups is 1. The predicted octanol–water partition coefficient (Wildman–Crippen LogP) is 3.50. The Morgan fingerprint density at radius 2 is 1.72 bits per heavy atom. The lowest BCUT2D eigenvalue weighted by Crippen LogP contribution is -2.38. The monoisotopic (exact) mass is 413 g/mol. The second-order valence-corrected chi connectivity index (χ2v) is 7.24. The molecule has 0 radical (unpaired) electrons. The van der Waals surface area contributed by atoms with E-state index in [-0.39, 0.29) is 11.3 Å². The Morgan fingerprint density at radius 3 is 2.31 bits per heavy atom. The summed E-state index contributed by atoms with van der Waals surface area (Å²) < 4.78 is 0. The predicted molar refractivity (Wildman–Crippen MR) is 112 cm³/mol. The molecule has 1 aliphatic heterocycles. The van der Waals surface area contributed by atoms with Gasteiger partial charge < -0.3 is 14.9 Å². The molecule has 0 spiro atoms. The highest BCUT2D eigenvalue weighted by Gasteiger charge is 2.45. The molecular weight excluding hydrogens is 390 g/mol. The van der Waals surface area contributed by atoms with Crippen LogP contribution < -0.4 is 0 Å². The van der Waals surface area contributed by atoms with E-state index in [0.717, 1.165) is 18.7 Å². The lowest BCUT2D eigenvalue weighted by molar-refractivity contribution is -0.140. The van der Waals surface area contributed by atoms with Gasteiger partial charge >= 0.3 is 0 Å². The number of aliphatic hydroxyl groups excluding tert-OH is 1. The number of ketones is 1. The van der Waals surface area contributed by atoms with Crippen LogP contribution in [0.3, 0.4) is 0 Å². The van der Waals surface area contributed by atoms with Crippen molar-refractivity contribution in [2.75, 3.05) is 26.2 Å². The highest BCUT2D eigenvalue weighted by molar-refractivity contribution is 6.46.